The number of thiazole rings is 1. The summed E-state index contributed by atoms with van der Waals surface area (Å²) in [5, 5.41) is 7.00. The van der Waals surface area contributed by atoms with Crippen LogP contribution < -0.4 is 10.6 Å². The van der Waals surface area contributed by atoms with Crippen LogP contribution in [0.2, 0.25) is 0 Å². The predicted octanol–water partition coefficient (Wildman–Crippen LogP) is 3.55. The number of amides is 1. The molecule has 1 unspecified atom stereocenters. The molecule has 1 aromatic carbocycles. The average molecular weight is 301 g/mol. The van der Waals surface area contributed by atoms with Gasteiger partial charge in [-0.15, -0.1) is 11.3 Å². The monoisotopic (exact) mass is 301 g/mol. The molecule has 2 N–H and O–H groups in total. The minimum atomic E-state index is 0.0370. The van der Waals surface area contributed by atoms with Gasteiger partial charge in [-0.2, -0.15) is 0 Å². The molecular formula is C16H19N3OS. The molecule has 2 heterocycles. The van der Waals surface area contributed by atoms with Crippen LogP contribution >= 0.6 is 11.3 Å². The van der Waals surface area contributed by atoms with Crippen LogP contribution in [0.25, 0.3) is 0 Å². The lowest BCUT2D eigenvalue weighted by molar-refractivity contribution is -0.116. The second-order valence-electron chi connectivity index (χ2n) is 5.29. The maximum Gasteiger partial charge on any atom is 0.226 e. The fourth-order valence-electron chi connectivity index (χ4n) is 2.74. The summed E-state index contributed by atoms with van der Waals surface area (Å²) in [4.78, 5) is 17.9. The molecule has 1 amide bonds. The molecule has 0 aliphatic carbocycles. The van der Waals surface area contributed by atoms with Gasteiger partial charge < -0.3 is 10.6 Å². The SMILES string of the molecule is CCc1nc(NC(=O)CC2CNc3ccccc32)sc1C. The minimum absolute atomic E-state index is 0.0370. The van der Waals surface area contributed by atoms with Crippen LogP contribution in [-0.2, 0) is 11.2 Å². The summed E-state index contributed by atoms with van der Waals surface area (Å²) in [6, 6.07) is 8.19. The van der Waals surface area contributed by atoms with Gasteiger partial charge in [-0.3, -0.25) is 4.79 Å². The first-order chi connectivity index (χ1) is 10.2. The Hall–Kier alpha value is -1.88. The third-order valence-electron chi connectivity index (χ3n) is 3.85. The maximum absolute atomic E-state index is 12.2. The number of hydrogen-bond acceptors (Lipinski definition) is 4. The number of carbonyl (C=O) groups is 1. The lowest BCUT2D eigenvalue weighted by atomic mass is 9.98. The van der Waals surface area contributed by atoms with E-state index in [1.54, 1.807) is 11.3 Å². The lowest BCUT2D eigenvalue weighted by Crippen LogP contribution is -2.16. The van der Waals surface area contributed by atoms with Crippen LogP contribution in [0, 0.1) is 6.92 Å². The normalized spacial score (nSPS) is 16.4. The number of rotatable bonds is 4. The maximum atomic E-state index is 12.2. The third-order valence-corrected chi connectivity index (χ3v) is 4.77. The van der Waals surface area contributed by atoms with E-state index in [4.69, 9.17) is 0 Å². The molecule has 0 spiro atoms. The first kappa shape index (κ1) is 14.1. The van der Waals surface area contributed by atoms with Crippen molar-refractivity contribution >= 4 is 28.1 Å². The third kappa shape index (κ3) is 2.93. The van der Waals surface area contributed by atoms with Crippen molar-refractivity contribution in [2.24, 2.45) is 0 Å². The van der Waals surface area contributed by atoms with E-state index in [1.807, 2.05) is 19.1 Å². The number of carbonyl (C=O) groups excluding carboxylic acids is 1. The molecule has 110 valence electrons. The first-order valence-corrected chi connectivity index (χ1v) is 8.08. The molecule has 0 radical (unpaired) electrons. The predicted molar refractivity (Wildman–Crippen MR) is 87.1 cm³/mol. The zero-order valence-corrected chi connectivity index (χ0v) is 13.1. The Kier molecular flexibility index (Phi) is 3.92. The summed E-state index contributed by atoms with van der Waals surface area (Å²) < 4.78 is 0. The van der Waals surface area contributed by atoms with Gasteiger partial charge in [0.1, 0.15) is 0 Å². The van der Waals surface area contributed by atoms with Crippen LogP contribution in [0.1, 0.15) is 35.4 Å². The zero-order valence-electron chi connectivity index (χ0n) is 12.3. The minimum Gasteiger partial charge on any atom is -0.384 e. The molecule has 0 saturated carbocycles. The molecular weight excluding hydrogens is 282 g/mol. The summed E-state index contributed by atoms with van der Waals surface area (Å²) in [6.45, 7) is 4.95. The highest BCUT2D eigenvalue weighted by atomic mass is 32.1. The fraction of sp³-hybridized carbons (Fsp3) is 0.375. The molecule has 3 rings (SSSR count). The molecule has 0 bridgehead atoms. The van der Waals surface area contributed by atoms with Gasteiger partial charge in [0.05, 0.1) is 5.69 Å². The van der Waals surface area contributed by atoms with Gasteiger partial charge in [-0.25, -0.2) is 4.98 Å². The molecule has 0 saturated heterocycles. The van der Waals surface area contributed by atoms with Gasteiger partial charge in [-0.1, -0.05) is 25.1 Å². The highest BCUT2D eigenvalue weighted by molar-refractivity contribution is 7.15. The van der Waals surface area contributed by atoms with Crippen molar-refractivity contribution in [2.75, 3.05) is 17.2 Å². The highest BCUT2D eigenvalue weighted by Crippen LogP contribution is 2.33. The van der Waals surface area contributed by atoms with Crippen LogP contribution in [0.4, 0.5) is 10.8 Å². The van der Waals surface area contributed by atoms with Crippen LogP contribution in [-0.4, -0.2) is 17.4 Å². The second kappa shape index (κ2) is 5.85. The standard InChI is InChI=1S/C16H19N3OS/c1-3-13-10(2)21-16(18-13)19-15(20)8-11-9-17-14-7-5-4-6-12(11)14/h4-7,11,17H,3,8-9H2,1-2H3,(H,18,19,20). The molecule has 0 fully saturated rings. The van der Waals surface area contributed by atoms with Crippen molar-refractivity contribution < 1.29 is 4.79 Å². The van der Waals surface area contributed by atoms with Crippen molar-refractivity contribution in [1.82, 2.24) is 4.98 Å². The number of nitrogens with one attached hydrogen (secondary N) is 2. The Morgan fingerprint density at radius 2 is 2.29 bits per heavy atom. The molecule has 1 aromatic heterocycles. The van der Waals surface area contributed by atoms with E-state index in [0.717, 1.165) is 24.3 Å². The molecule has 1 aliphatic heterocycles. The first-order valence-electron chi connectivity index (χ1n) is 7.26. The average Bonchev–Trinajstić information content (AvgIpc) is 3.03. The van der Waals surface area contributed by atoms with E-state index < -0.39 is 0 Å². The van der Waals surface area contributed by atoms with E-state index in [0.29, 0.717) is 11.6 Å². The van der Waals surface area contributed by atoms with Crippen LogP contribution in [0.15, 0.2) is 24.3 Å². The molecule has 1 atom stereocenters. The summed E-state index contributed by atoms with van der Waals surface area (Å²) in [7, 11) is 0. The number of benzene rings is 1. The van der Waals surface area contributed by atoms with E-state index in [1.165, 1.54) is 10.4 Å². The molecule has 4 nitrogen and oxygen atoms in total. The summed E-state index contributed by atoms with van der Waals surface area (Å²) in [5.74, 6) is 0.280. The van der Waals surface area contributed by atoms with E-state index >= 15 is 0 Å². The number of anilines is 2. The van der Waals surface area contributed by atoms with Crippen molar-refractivity contribution in [2.45, 2.75) is 32.6 Å². The molecule has 2 aromatic rings. The quantitative estimate of drug-likeness (QED) is 0.908. The number of hydrogen-bond donors (Lipinski definition) is 2. The van der Waals surface area contributed by atoms with Crippen molar-refractivity contribution in [1.29, 1.82) is 0 Å². The number of aromatic nitrogens is 1. The van der Waals surface area contributed by atoms with E-state index in [-0.39, 0.29) is 11.8 Å². The Bertz CT molecular complexity index is 665. The highest BCUT2D eigenvalue weighted by Gasteiger charge is 2.24. The lowest BCUT2D eigenvalue weighted by Gasteiger charge is -2.09. The Labute approximate surface area is 128 Å². The van der Waals surface area contributed by atoms with Crippen LogP contribution in [0.5, 0.6) is 0 Å². The van der Waals surface area contributed by atoms with E-state index in [9.17, 15) is 4.79 Å². The van der Waals surface area contributed by atoms with Crippen molar-refractivity contribution in [3.8, 4) is 0 Å². The van der Waals surface area contributed by atoms with Gasteiger partial charge in [0.2, 0.25) is 5.91 Å². The van der Waals surface area contributed by atoms with Gasteiger partial charge in [0, 0.05) is 29.4 Å². The van der Waals surface area contributed by atoms with Gasteiger partial charge in [-0.05, 0) is 25.0 Å². The largest absolute Gasteiger partial charge is 0.384 e. The van der Waals surface area contributed by atoms with E-state index in [2.05, 4.69) is 34.7 Å². The molecule has 21 heavy (non-hydrogen) atoms. The summed E-state index contributed by atoms with van der Waals surface area (Å²) >= 11 is 1.55. The topological polar surface area (TPSA) is 54.0 Å². The molecule has 1 aliphatic rings. The van der Waals surface area contributed by atoms with Gasteiger partial charge >= 0.3 is 0 Å². The number of fused-ring (bicyclic) bond motifs is 1. The zero-order chi connectivity index (χ0) is 14.8. The number of nitrogens with zero attached hydrogens (tertiary/aromatic N) is 1. The van der Waals surface area contributed by atoms with Gasteiger partial charge in [0.25, 0.3) is 0 Å². The Balaban J connectivity index is 1.65. The number of para-hydroxylation sites is 1. The fourth-order valence-corrected chi connectivity index (χ4v) is 3.66. The summed E-state index contributed by atoms with van der Waals surface area (Å²) in [5.41, 5.74) is 3.45. The van der Waals surface area contributed by atoms with Crippen LogP contribution in [0.3, 0.4) is 0 Å². The molecule has 5 heteroatoms. The number of aryl methyl sites for hydroxylation is 2. The van der Waals surface area contributed by atoms with Gasteiger partial charge in [0.15, 0.2) is 5.13 Å². The van der Waals surface area contributed by atoms with Crippen molar-refractivity contribution in [3.05, 3.63) is 40.4 Å². The van der Waals surface area contributed by atoms with Crippen molar-refractivity contribution in [3.63, 3.8) is 0 Å². The smallest absolute Gasteiger partial charge is 0.226 e. The summed E-state index contributed by atoms with van der Waals surface area (Å²) in [6.07, 6.45) is 1.39. The Morgan fingerprint density at radius 1 is 1.48 bits per heavy atom. The Morgan fingerprint density at radius 3 is 3.05 bits per heavy atom. The second-order valence-corrected chi connectivity index (χ2v) is 6.50.